The van der Waals surface area contributed by atoms with Crippen molar-refractivity contribution in [3.05, 3.63) is 40.3 Å². The molecule has 3 nitrogen and oxygen atoms in total. The maximum Gasteiger partial charge on any atom is 0.222 e. The minimum Gasteiger partial charge on any atom is -0.368 e. The second kappa shape index (κ2) is 5.07. The zero-order chi connectivity index (χ0) is 14.3. The van der Waals surface area contributed by atoms with E-state index in [1.807, 2.05) is 0 Å². The first-order valence-corrected chi connectivity index (χ1v) is 7.95. The summed E-state index contributed by atoms with van der Waals surface area (Å²) in [5.41, 5.74) is 8.40. The van der Waals surface area contributed by atoms with Gasteiger partial charge in [0.1, 0.15) is 9.86 Å². The van der Waals surface area contributed by atoms with E-state index >= 15 is 0 Å². The average Bonchev–Trinajstić information content (AvgIpc) is 2.74. The van der Waals surface area contributed by atoms with Gasteiger partial charge in [0.25, 0.3) is 0 Å². The Hall–Kier alpha value is -1.59. The number of nitrogen functional groups attached to an aromatic ring is 1. The van der Waals surface area contributed by atoms with Gasteiger partial charge >= 0.3 is 0 Å². The summed E-state index contributed by atoms with van der Waals surface area (Å²) in [5.74, 6) is 0.339. The summed E-state index contributed by atoms with van der Waals surface area (Å²) in [5, 5.41) is 2.02. The Bertz CT molecular complexity index is 793. The molecule has 0 aliphatic rings. The first kappa shape index (κ1) is 13.4. The first-order chi connectivity index (χ1) is 9.52. The Morgan fingerprint density at radius 2 is 1.85 bits per heavy atom. The minimum atomic E-state index is 0.339. The summed E-state index contributed by atoms with van der Waals surface area (Å²) in [6, 6.07) is 8.57. The lowest BCUT2D eigenvalue weighted by Gasteiger charge is -2.06. The van der Waals surface area contributed by atoms with Crippen molar-refractivity contribution in [2.75, 3.05) is 5.73 Å². The van der Waals surface area contributed by atoms with Gasteiger partial charge in [-0.2, -0.15) is 0 Å². The van der Waals surface area contributed by atoms with E-state index in [-0.39, 0.29) is 0 Å². The summed E-state index contributed by atoms with van der Waals surface area (Å²) < 4.78 is 0. The molecule has 3 rings (SSSR count). The van der Waals surface area contributed by atoms with Crippen LogP contribution >= 0.6 is 23.1 Å². The molecule has 0 aliphatic carbocycles. The number of aryl methyl sites for hydroxylation is 3. The van der Waals surface area contributed by atoms with Gasteiger partial charge in [-0.05, 0) is 50.1 Å². The third kappa shape index (κ3) is 2.51. The van der Waals surface area contributed by atoms with Gasteiger partial charge in [0, 0.05) is 15.2 Å². The van der Waals surface area contributed by atoms with Gasteiger partial charge in [0.15, 0.2) is 0 Å². The highest BCUT2D eigenvalue weighted by molar-refractivity contribution is 7.99. The van der Waals surface area contributed by atoms with Gasteiger partial charge in [-0.25, -0.2) is 9.97 Å². The molecule has 0 fully saturated rings. The molecular weight excluding hydrogens is 286 g/mol. The van der Waals surface area contributed by atoms with Gasteiger partial charge in [0.05, 0.1) is 0 Å². The number of aromatic nitrogens is 2. The normalized spacial score (nSPS) is 11.2. The number of rotatable bonds is 2. The van der Waals surface area contributed by atoms with Gasteiger partial charge in [-0.1, -0.05) is 17.8 Å². The Morgan fingerprint density at radius 3 is 2.60 bits per heavy atom. The van der Waals surface area contributed by atoms with Crippen LogP contribution in [0.25, 0.3) is 10.2 Å². The van der Waals surface area contributed by atoms with Gasteiger partial charge < -0.3 is 5.73 Å². The Morgan fingerprint density at radius 1 is 1.05 bits per heavy atom. The van der Waals surface area contributed by atoms with Gasteiger partial charge in [0.2, 0.25) is 5.95 Å². The maximum absolute atomic E-state index is 5.81. The number of thiophene rings is 1. The molecule has 0 radical (unpaired) electrons. The van der Waals surface area contributed by atoms with E-state index < -0.39 is 0 Å². The molecule has 0 amide bonds. The Labute approximate surface area is 126 Å². The zero-order valence-electron chi connectivity index (χ0n) is 11.6. The predicted molar refractivity (Wildman–Crippen MR) is 86.6 cm³/mol. The molecule has 2 N–H and O–H groups in total. The van der Waals surface area contributed by atoms with Gasteiger partial charge in [-0.15, -0.1) is 11.3 Å². The fourth-order valence-electron chi connectivity index (χ4n) is 2.00. The average molecular weight is 301 g/mol. The Balaban J connectivity index is 2.07. The summed E-state index contributed by atoms with van der Waals surface area (Å²) in [7, 11) is 0. The van der Waals surface area contributed by atoms with E-state index in [0.717, 1.165) is 15.2 Å². The molecule has 0 saturated heterocycles. The molecule has 2 heterocycles. The second-order valence-electron chi connectivity index (χ2n) is 4.81. The summed E-state index contributed by atoms with van der Waals surface area (Å²) in [4.78, 5) is 12.1. The number of nitrogens with zero attached hydrogens (tertiary/aromatic N) is 2. The topological polar surface area (TPSA) is 51.8 Å². The van der Waals surface area contributed by atoms with Crippen LogP contribution in [-0.2, 0) is 0 Å². The minimum absolute atomic E-state index is 0.339. The van der Waals surface area contributed by atoms with Crippen molar-refractivity contribution in [1.29, 1.82) is 0 Å². The van der Waals surface area contributed by atoms with Crippen molar-refractivity contribution in [3.63, 3.8) is 0 Å². The quantitative estimate of drug-likeness (QED) is 0.715. The highest BCUT2D eigenvalue weighted by Gasteiger charge is 2.11. The predicted octanol–water partition coefficient (Wildman–Crippen LogP) is 4.35. The molecule has 0 bridgehead atoms. The van der Waals surface area contributed by atoms with Crippen molar-refractivity contribution in [2.24, 2.45) is 0 Å². The van der Waals surface area contributed by atoms with Crippen molar-refractivity contribution >= 4 is 39.3 Å². The van der Waals surface area contributed by atoms with Crippen molar-refractivity contribution in [2.45, 2.75) is 30.7 Å². The summed E-state index contributed by atoms with van der Waals surface area (Å²) in [6.07, 6.45) is 0. The molecule has 2 aromatic heterocycles. The lowest BCUT2D eigenvalue weighted by Crippen LogP contribution is -1.95. The third-order valence-electron chi connectivity index (χ3n) is 3.19. The molecule has 20 heavy (non-hydrogen) atoms. The molecule has 102 valence electrons. The van der Waals surface area contributed by atoms with Crippen LogP contribution in [0.4, 0.5) is 5.95 Å². The number of anilines is 1. The smallest absolute Gasteiger partial charge is 0.222 e. The van der Waals surface area contributed by atoms with Crippen LogP contribution in [0, 0.1) is 20.8 Å². The van der Waals surface area contributed by atoms with E-state index in [0.29, 0.717) is 5.95 Å². The van der Waals surface area contributed by atoms with Crippen LogP contribution in [-0.4, -0.2) is 9.97 Å². The van der Waals surface area contributed by atoms with Crippen LogP contribution in [0.15, 0.2) is 34.2 Å². The number of hydrogen-bond acceptors (Lipinski definition) is 5. The van der Waals surface area contributed by atoms with E-state index in [4.69, 9.17) is 5.73 Å². The largest absolute Gasteiger partial charge is 0.368 e. The van der Waals surface area contributed by atoms with Crippen molar-refractivity contribution < 1.29 is 0 Å². The van der Waals surface area contributed by atoms with Crippen LogP contribution in [0.5, 0.6) is 0 Å². The van der Waals surface area contributed by atoms with Crippen molar-refractivity contribution in [1.82, 2.24) is 9.97 Å². The number of nitrogens with two attached hydrogens (primary N) is 1. The lowest BCUT2D eigenvalue weighted by atomic mass is 10.1. The van der Waals surface area contributed by atoms with E-state index in [1.165, 1.54) is 20.9 Å². The summed E-state index contributed by atoms with van der Waals surface area (Å²) >= 11 is 3.30. The van der Waals surface area contributed by atoms with Crippen LogP contribution in [0.1, 0.15) is 16.0 Å². The van der Waals surface area contributed by atoms with Crippen LogP contribution < -0.4 is 5.73 Å². The standard InChI is InChI=1S/C15H15N3S2/c1-8-4-5-11(6-9(8)2)20-14-12-7-10(3)19-13(12)17-15(16)18-14/h4-7H,1-3H3,(H2,16,17,18). The van der Waals surface area contributed by atoms with E-state index in [2.05, 4.69) is 55.0 Å². The highest BCUT2D eigenvalue weighted by Crippen LogP contribution is 2.35. The second-order valence-corrected chi connectivity index (χ2v) is 7.11. The lowest BCUT2D eigenvalue weighted by molar-refractivity contribution is 1.12. The molecule has 0 atom stereocenters. The monoisotopic (exact) mass is 301 g/mol. The molecule has 0 spiro atoms. The third-order valence-corrected chi connectivity index (χ3v) is 5.13. The molecule has 0 unspecified atom stereocenters. The molecule has 0 saturated carbocycles. The molecule has 3 aromatic rings. The number of benzene rings is 1. The molecule has 1 aromatic carbocycles. The highest BCUT2D eigenvalue weighted by atomic mass is 32.2. The first-order valence-electron chi connectivity index (χ1n) is 6.31. The number of hydrogen-bond donors (Lipinski definition) is 1. The Kier molecular flexibility index (Phi) is 3.40. The SMILES string of the molecule is Cc1cc2c(Sc3ccc(C)c(C)c3)nc(N)nc2s1. The molecule has 5 heteroatoms. The van der Waals surface area contributed by atoms with Gasteiger partial charge in [-0.3, -0.25) is 0 Å². The van der Waals surface area contributed by atoms with Crippen LogP contribution in [0.3, 0.4) is 0 Å². The molecular formula is C15H15N3S2. The zero-order valence-corrected chi connectivity index (χ0v) is 13.2. The molecule has 0 aliphatic heterocycles. The van der Waals surface area contributed by atoms with Crippen molar-refractivity contribution in [3.8, 4) is 0 Å². The van der Waals surface area contributed by atoms with Crippen LogP contribution in [0.2, 0.25) is 0 Å². The fraction of sp³-hybridized carbons (Fsp3) is 0.200. The maximum atomic E-state index is 5.81. The summed E-state index contributed by atoms with van der Waals surface area (Å²) in [6.45, 7) is 6.32. The fourth-order valence-corrected chi connectivity index (χ4v) is 3.95. The number of fused-ring (bicyclic) bond motifs is 1. The van der Waals surface area contributed by atoms with E-state index in [9.17, 15) is 0 Å². The van der Waals surface area contributed by atoms with E-state index in [1.54, 1.807) is 23.1 Å².